The van der Waals surface area contributed by atoms with Crippen LogP contribution in [0.2, 0.25) is 5.28 Å². The van der Waals surface area contributed by atoms with Gasteiger partial charge in [-0.15, -0.1) is 0 Å². The van der Waals surface area contributed by atoms with Gasteiger partial charge in [-0.25, -0.2) is 9.97 Å². The van der Waals surface area contributed by atoms with Crippen molar-refractivity contribution in [3.8, 4) is 0 Å². The maximum absolute atomic E-state index is 5.79. The predicted octanol–water partition coefficient (Wildman–Crippen LogP) is 4.11. The van der Waals surface area contributed by atoms with Gasteiger partial charge in [0.1, 0.15) is 5.69 Å². The minimum absolute atomic E-state index is 0.0648. The SMILES string of the molecule is Clc1nc(C(Cl)(Cl)Cl)c2ccccc2n1. The third-order valence-corrected chi connectivity index (χ3v) is 2.55. The number of nitrogens with zero attached hydrogens (tertiary/aromatic N) is 2. The molecule has 1 aromatic carbocycles. The van der Waals surface area contributed by atoms with Crippen LogP contribution < -0.4 is 0 Å². The number of halogens is 4. The van der Waals surface area contributed by atoms with Crippen LogP contribution in [0.1, 0.15) is 5.69 Å². The van der Waals surface area contributed by atoms with Gasteiger partial charge in [-0.05, 0) is 17.7 Å². The van der Waals surface area contributed by atoms with Gasteiger partial charge in [0.2, 0.25) is 9.08 Å². The van der Waals surface area contributed by atoms with Crippen molar-refractivity contribution in [3.05, 3.63) is 35.2 Å². The number of hydrogen-bond donors (Lipinski definition) is 0. The molecule has 78 valence electrons. The van der Waals surface area contributed by atoms with Gasteiger partial charge in [-0.3, -0.25) is 0 Å². The fraction of sp³-hybridized carbons (Fsp3) is 0.111. The fourth-order valence-corrected chi connectivity index (χ4v) is 1.87. The minimum Gasteiger partial charge on any atom is -0.218 e. The Morgan fingerprint density at radius 3 is 2.33 bits per heavy atom. The zero-order valence-corrected chi connectivity index (χ0v) is 10.2. The van der Waals surface area contributed by atoms with Crippen molar-refractivity contribution in [1.82, 2.24) is 9.97 Å². The van der Waals surface area contributed by atoms with Gasteiger partial charge in [0, 0.05) is 5.39 Å². The predicted molar refractivity (Wildman–Crippen MR) is 63.8 cm³/mol. The van der Waals surface area contributed by atoms with Crippen LogP contribution >= 0.6 is 46.4 Å². The topological polar surface area (TPSA) is 25.8 Å². The van der Waals surface area contributed by atoms with Crippen molar-refractivity contribution in [1.29, 1.82) is 0 Å². The molecule has 0 spiro atoms. The first-order valence-electron chi connectivity index (χ1n) is 3.98. The number of para-hydroxylation sites is 1. The summed E-state index contributed by atoms with van der Waals surface area (Å²) >= 11 is 23.1. The van der Waals surface area contributed by atoms with Crippen LogP contribution in [0, 0.1) is 0 Å². The third kappa shape index (κ3) is 2.28. The number of benzene rings is 1. The second kappa shape index (κ2) is 3.95. The van der Waals surface area contributed by atoms with Gasteiger partial charge in [-0.1, -0.05) is 53.0 Å². The molecule has 0 radical (unpaired) electrons. The van der Waals surface area contributed by atoms with Crippen LogP contribution in [0.25, 0.3) is 10.9 Å². The van der Waals surface area contributed by atoms with E-state index in [1.165, 1.54) is 0 Å². The minimum atomic E-state index is -1.60. The number of aromatic nitrogens is 2. The second-order valence-corrected chi connectivity index (χ2v) is 5.48. The van der Waals surface area contributed by atoms with Crippen LogP contribution in [0.4, 0.5) is 0 Å². The highest BCUT2D eigenvalue weighted by Crippen LogP contribution is 2.40. The number of alkyl halides is 3. The molecule has 2 nitrogen and oxygen atoms in total. The number of rotatable bonds is 0. The number of hydrogen-bond acceptors (Lipinski definition) is 2. The molecule has 0 bridgehead atoms. The molecule has 0 unspecified atom stereocenters. The average molecular weight is 282 g/mol. The fourth-order valence-electron chi connectivity index (χ4n) is 1.26. The maximum atomic E-state index is 5.79. The van der Waals surface area contributed by atoms with Crippen molar-refractivity contribution >= 4 is 57.3 Å². The van der Waals surface area contributed by atoms with Crippen LogP contribution in [0.3, 0.4) is 0 Å². The Bertz CT molecular complexity index is 507. The first kappa shape index (κ1) is 11.2. The van der Waals surface area contributed by atoms with E-state index in [0.717, 1.165) is 0 Å². The van der Waals surface area contributed by atoms with E-state index >= 15 is 0 Å². The molecule has 0 aliphatic heterocycles. The Morgan fingerprint density at radius 2 is 1.67 bits per heavy atom. The molecule has 0 N–H and O–H groups in total. The van der Waals surface area contributed by atoms with E-state index in [4.69, 9.17) is 46.4 Å². The van der Waals surface area contributed by atoms with Crippen molar-refractivity contribution in [2.75, 3.05) is 0 Å². The van der Waals surface area contributed by atoms with E-state index in [1.807, 2.05) is 12.1 Å². The molecule has 0 atom stereocenters. The van der Waals surface area contributed by atoms with Crippen LogP contribution in [0.15, 0.2) is 24.3 Å². The Kier molecular flexibility index (Phi) is 2.95. The summed E-state index contributed by atoms with van der Waals surface area (Å²) in [6.07, 6.45) is 0. The zero-order chi connectivity index (χ0) is 11.1. The number of fused-ring (bicyclic) bond motifs is 1. The highest BCUT2D eigenvalue weighted by molar-refractivity contribution is 6.67. The molecule has 1 heterocycles. The molecular weight excluding hydrogens is 278 g/mol. The molecule has 0 saturated heterocycles. The molecule has 0 aliphatic rings. The lowest BCUT2D eigenvalue weighted by Gasteiger charge is -2.12. The van der Waals surface area contributed by atoms with E-state index in [2.05, 4.69) is 9.97 Å². The summed E-state index contributed by atoms with van der Waals surface area (Å²) in [6, 6.07) is 7.21. The Labute approximate surface area is 106 Å². The molecule has 0 aliphatic carbocycles. The van der Waals surface area contributed by atoms with E-state index < -0.39 is 3.79 Å². The van der Waals surface area contributed by atoms with Gasteiger partial charge >= 0.3 is 0 Å². The molecule has 0 saturated carbocycles. The standard InChI is InChI=1S/C9H4Cl4N2/c10-8-14-6-4-2-1-3-5(6)7(15-8)9(11,12)13/h1-4H. The Balaban J connectivity index is 2.83. The summed E-state index contributed by atoms with van der Waals surface area (Å²) in [5, 5.41) is 0.747. The Morgan fingerprint density at radius 1 is 1.00 bits per heavy atom. The first-order valence-corrected chi connectivity index (χ1v) is 5.49. The zero-order valence-electron chi connectivity index (χ0n) is 7.22. The van der Waals surface area contributed by atoms with E-state index in [9.17, 15) is 0 Å². The highest BCUT2D eigenvalue weighted by atomic mass is 35.6. The molecule has 0 amide bonds. The summed E-state index contributed by atoms with van der Waals surface area (Å²) in [5.74, 6) is 0. The summed E-state index contributed by atoms with van der Waals surface area (Å²) in [7, 11) is 0. The van der Waals surface area contributed by atoms with Crippen molar-refractivity contribution in [3.63, 3.8) is 0 Å². The van der Waals surface area contributed by atoms with Crippen LogP contribution in [0.5, 0.6) is 0 Å². The third-order valence-electron chi connectivity index (χ3n) is 1.84. The van der Waals surface area contributed by atoms with Gasteiger partial charge in [0.15, 0.2) is 0 Å². The van der Waals surface area contributed by atoms with Crippen LogP contribution in [-0.2, 0) is 3.79 Å². The summed E-state index contributed by atoms with van der Waals surface area (Å²) < 4.78 is -1.60. The summed E-state index contributed by atoms with van der Waals surface area (Å²) in [5.41, 5.74) is 0.946. The van der Waals surface area contributed by atoms with Gasteiger partial charge in [0.05, 0.1) is 5.52 Å². The lowest BCUT2D eigenvalue weighted by Crippen LogP contribution is -2.06. The molecule has 0 fully saturated rings. The quantitative estimate of drug-likeness (QED) is 0.536. The molecule has 1 aromatic heterocycles. The molecule has 2 aromatic rings. The average Bonchev–Trinajstić information content (AvgIpc) is 2.15. The van der Waals surface area contributed by atoms with E-state index in [0.29, 0.717) is 16.6 Å². The van der Waals surface area contributed by atoms with Gasteiger partial charge in [-0.2, -0.15) is 0 Å². The van der Waals surface area contributed by atoms with E-state index in [1.54, 1.807) is 12.1 Å². The van der Waals surface area contributed by atoms with Crippen LogP contribution in [-0.4, -0.2) is 9.97 Å². The first-order chi connectivity index (χ1) is 6.98. The summed E-state index contributed by atoms with van der Waals surface area (Å²) in [6.45, 7) is 0. The normalized spacial score (nSPS) is 12.0. The summed E-state index contributed by atoms with van der Waals surface area (Å²) in [4.78, 5) is 7.96. The van der Waals surface area contributed by atoms with E-state index in [-0.39, 0.29) is 5.28 Å². The molecule has 15 heavy (non-hydrogen) atoms. The monoisotopic (exact) mass is 280 g/mol. The highest BCUT2D eigenvalue weighted by Gasteiger charge is 2.27. The van der Waals surface area contributed by atoms with Crippen molar-refractivity contribution in [2.24, 2.45) is 0 Å². The second-order valence-electron chi connectivity index (χ2n) is 2.86. The van der Waals surface area contributed by atoms with Gasteiger partial charge < -0.3 is 0 Å². The largest absolute Gasteiger partial charge is 0.233 e. The smallest absolute Gasteiger partial charge is 0.218 e. The Hall–Kier alpha value is -0.280. The van der Waals surface area contributed by atoms with Crippen molar-refractivity contribution in [2.45, 2.75) is 3.79 Å². The maximum Gasteiger partial charge on any atom is 0.233 e. The molecule has 6 heteroatoms. The molecular formula is C9H4Cl4N2. The van der Waals surface area contributed by atoms with Gasteiger partial charge in [0.25, 0.3) is 0 Å². The lowest BCUT2D eigenvalue weighted by atomic mass is 10.2. The lowest BCUT2D eigenvalue weighted by molar-refractivity contribution is 1.07. The van der Waals surface area contributed by atoms with Crippen molar-refractivity contribution < 1.29 is 0 Å². The molecule has 2 rings (SSSR count).